The van der Waals surface area contributed by atoms with Crippen LogP contribution in [0, 0.1) is 0 Å². The van der Waals surface area contributed by atoms with Crippen LogP contribution in [0.1, 0.15) is 42.6 Å². The van der Waals surface area contributed by atoms with Gasteiger partial charge in [-0.1, -0.05) is 13.8 Å². The second-order valence-electron chi connectivity index (χ2n) is 6.84. The van der Waals surface area contributed by atoms with E-state index in [9.17, 15) is 15.0 Å². The smallest absolute Gasteiger partial charge is 0.193 e. The van der Waals surface area contributed by atoms with Crippen molar-refractivity contribution in [1.29, 1.82) is 0 Å². The van der Waals surface area contributed by atoms with Gasteiger partial charge in [-0.2, -0.15) is 0 Å². The summed E-state index contributed by atoms with van der Waals surface area (Å²) in [5, 5.41) is 18.5. The molecule has 0 unspecified atom stereocenters. The first-order chi connectivity index (χ1) is 13.6. The van der Waals surface area contributed by atoms with E-state index in [1.165, 1.54) is 0 Å². The van der Waals surface area contributed by atoms with Crippen molar-refractivity contribution in [2.75, 3.05) is 49.2 Å². The van der Waals surface area contributed by atoms with Gasteiger partial charge < -0.3 is 20.0 Å². The Labute approximate surface area is 168 Å². The molecule has 0 bridgehead atoms. The van der Waals surface area contributed by atoms with Crippen molar-refractivity contribution in [3.05, 3.63) is 59.7 Å². The molecule has 2 aromatic rings. The van der Waals surface area contributed by atoms with E-state index >= 15 is 0 Å². The molecule has 0 aromatic heterocycles. The molecule has 0 aliphatic heterocycles. The second kappa shape index (κ2) is 11.5. The molecule has 5 nitrogen and oxygen atoms in total. The highest BCUT2D eigenvalue weighted by atomic mass is 16.3. The van der Waals surface area contributed by atoms with Gasteiger partial charge in [0.2, 0.25) is 0 Å². The summed E-state index contributed by atoms with van der Waals surface area (Å²) in [7, 11) is 0. The number of hydrogen-bond acceptors (Lipinski definition) is 5. The van der Waals surface area contributed by atoms with Crippen LogP contribution in [0.2, 0.25) is 0 Å². The first-order valence-corrected chi connectivity index (χ1v) is 10.1. The number of hydrogen-bond donors (Lipinski definition) is 2. The maximum atomic E-state index is 12.8. The minimum Gasteiger partial charge on any atom is -0.395 e. The van der Waals surface area contributed by atoms with Gasteiger partial charge in [0.05, 0.1) is 13.2 Å². The van der Waals surface area contributed by atoms with Crippen LogP contribution in [-0.2, 0) is 0 Å². The van der Waals surface area contributed by atoms with Gasteiger partial charge in [-0.05, 0) is 61.4 Å². The molecule has 0 aliphatic carbocycles. The number of carbonyl (C=O) groups excluding carboxylic acids is 1. The SMILES string of the molecule is CCCN(CCO)c1ccc(C(=O)c2ccc(N(CCC)CCO)cc2)cc1. The molecule has 28 heavy (non-hydrogen) atoms. The minimum absolute atomic E-state index is 0.00787. The third-order valence-electron chi connectivity index (χ3n) is 4.72. The summed E-state index contributed by atoms with van der Waals surface area (Å²) in [4.78, 5) is 17.0. The van der Waals surface area contributed by atoms with Crippen LogP contribution in [-0.4, -0.2) is 55.4 Å². The molecule has 0 spiro atoms. The van der Waals surface area contributed by atoms with E-state index in [1.807, 2.05) is 48.5 Å². The van der Waals surface area contributed by atoms with Gasteiger partial charge >= 0.3 is 0 Å². The van der Waals surface area contributed by atoms with Crippen molar-refractivity contribution in [2.45, 2.75) is 26.7 Å². The molecule has 0 atom stereocenters. The fourth-order valence-electron chi connectivity index (χ4n) is 3.34. The lowest BCUT2D eigenvalue weighted by Crippen LogP contribution is -2.27. The topological polar surface area (TPSA) is 64.0 Å². The van der Waals surface area contributed by atoms with E-state index in [4.69, 9.17) is 0 Å². The summed E-state index contributed by atoms with van der Waals surface area (Å²) in [6, 6.07) is 15.2. The molecule has 0 heterocycles. The number of carbonyl (C=O) groups is 1. The molecule has 2 N–H and O–H groups in total. The van der Waals surface area contributed by atoms with Crippen molar-refractivity contribution in [3.8, 4) is 0 Å². The summed E-state index contributed by atoms with van der Waals surface area (Å²) in [6.45, 7) is 7.35. The molecule has 0 saturated carbocycles. The molecule has 2 aromatic carbocycles. The number of benzene rings is 2. The zero-order valence-electron chi connectivity index (χ0n) is 17.0. The molecule has 152 valence electrons. The minimum atomic E-state index is -0.00787. The van der Waals surface area contributed by atoms with Gasteiger partial charge in [0.15, 0.2) is 5.78 Å². The summed E-state index contributed by atoms with van der Waals surface area (Å²) in [6.07, 6.45) is 2.00. The fraction of sp³-hybridized carbons (Fsp3) is 0.435. The average Bonchev–Trinajstić information content (AvgIpc) is 2.73. The van der Waals surface area contributed by atoms with Gasteiger partial charge in [0, 0.05) is 48.7 Å². The zero-order valence-corrected chi connectivity index (χ0v) is 17.0. The number of nitrogens with zero attached hydrogens (tertiary/aromatic N) is 2. The number of ketones is 1. The van der Waals surface area contributed by atoms with Gasteiger partial charge in [0.1, 0.15) is 0 Å². The highest BCUT2D eigenvalue weighted by Gasteiger charge is 2.12. The average molecular weight is 385 g/mol. The molecular weight excluding hydrogens is 352 g/mol. The summed E-state index contributed by atoms with van der Waals surface area (Å²) in [5.74, 6) is -0.00787. The Bertz CT molecular complexity index is 640. The Balaban J connectivity index is 2.12. The normalized spacial score (nSPS) is 10.7. The second-order valence-corrected chi connectivity index (χ2v) is 6.84. The van der Waals surface area contributed by atoms with Crippen LogP contribution in [0.15, 0.2) is 48.5 Å². The number of rotatable bonds is 12. The molecular formula is C23H32N2O3. The maximum Gasteiger partial charge on any atom is 0.193 e. The Morgan fingerprint density at radius 1 is 0.679 bits per heavy atom. The maximum absolute atomic E-state index is 12.8. The van der Waals surface area contributed by atoms with Gasteiger partial charge in [-0.15, -0.1) is 0 Å². The predicted molar refractivity (Wildman–Crippen MR) is 115 cm³/mol. The van der Waals surface area contributed by atoms with E-state index < -0.39 is 0 Å². The van der Waals surface area contributed by atoms with E-state index in [1.54, 1.807) is 0 Å². The molecule has 0 saturated heterocycles. The molecule has 0 radical (unpaired) electrons. The van der Waals surface area contributed by atoms with Crippen molar-refractivity contribution in [1.82, 2.24) is 0 Å². The summed E-state index contributed by atoms with van der Waals surface area (Å²) < 4.78 is 0. The summed E-state index contributed by atoms with van der Waals surface area (Å²) in [5.41, 5.74) is 3.33. The Morgan fingerprint density at radius 3 is 1.32 bits per heavy atom. The molecule has 2 rings (SSSR count). The quantitative estimate of drug-likeness (QED) is 0.550. The monoisotopic (exact) mass is 384 g/mol. The lowest BCUT2D eigenvalue weighted by molar-refractivity contribution is 0.103. The standard InChI is InChI=1S/C23H32N2O3/c1-3-13-24(15-17-26)21-9-5-19(6-10-21)23(28)20-7-11-22(12-8-20)25(14-4-2)16-18-27/h5-12,26-27H,3-4,13-18H2,1-2H3. The van der Waals surface area contributed by atoms with E-state index in [2.05, 4.69) is 23.6 Å². The third kappa shape index (κ3) is 5.81. The van der Waals surface area contributed by atoms with Crippen LogP contribution in [0.5, 0.6) is 0 Å². The van der Waals surface area contributed by atoms with E-state index in [-0.39, 0.29) is 19.0 Å². The first kappa shape index (κ1) is 21.9. The van der Waals surface area contributed by atoms with Crippen LogP contribution in [0.3, 0.4) is 0 Å². The molecule has 0 fully saturated rings. The largest absolute Gasteiger partial charge is 0.395 e. The Kier molecular flexibility index (Phi) is 8.98. The molecule has 0 aliphatic rings. The fourth-order valence-corrected chi connectivity index (χ4v) is 3.34. The highest BCUT2D eigenvalue weighted by Crippen LogP contribution is 2.20. The number of aliphatic hydroxyl groups excluding tert-OH is 2. The van der Waals surface area contributed by atoms with Crippen LogP contribution >= 0.6 is 0 Å². The van der Waals surface area contributed by atoms with Crippen molar-refractivity contribution in [3.63, 3.8) is 0 Å². The van der Waals surface area contributed by atoms with E-state index in [0.717, 1.165) is 37.3 Å². The Hall–Kier alpha value is -2.37. The van der Waals surface area contributed by atoms with Gasteiger partial charge in [-0.3, -0.25) is 4.79 Å². The van der Waals surface area contributed by atoms with Crippen LogP contribution < -0.4 is 9.80 Å². The lowest BCUT2D eigenvalue weighted by Gasteiger charge is -2.24. The van der Waals surface area contributed by atoms with Crippen LogP contribution in [0.4, 0.5) is 11.4 Å². The van der Waals surface area contributed by atoms with Crippen molar-refractivity contribution in [2.24, 2.45) is 0 Å². The highest BCUT2D eigenvalue weighted by molar-refractivity contribution is 6.09. The van der Waals surface area contributed by atoms with Crippen LogP contribution in [0.25, 0.3) is 0 Å². The van der Waals surface area contributed by atoms with Crippen molar-refractivity contribution >= 4 is 17.2 Å². The molecule has 0 amide bonds. The first-order valence-electron chi connectivity index (χ1n) is 10.1. The zero-order chi connectivity index (χ0) is 20.4. The summed E-state index contributed by atoms with van der Waals surface area (Å²) >= 11 is 0. The Morgan fingerprint density at radius 2 is 1.04 bits per heavy atom. The number of aliphatic hydroxyl groups is 2. The third-order valence-corrected chi connectivity index (χ3v) is 4.72. The van der Waals surface area contributed by atoms with Gasteiger partial charge in [-0.25, -0.2) is 0 Å². The predicted octanol–water partition coefficient (Wildman–Crippen LogP) is 3.34. The molecule has 5 heteroatoms. The number of anilines is 2. The lowest BCUT2D eigenvalue weighted by atomic mass is 10.0. The van der Waals surface area contributed by atoms with Crippen molar-refractivity contribution < 1.29 is 15.0 Å². The van der Waals surface area contributed by atoms with E-state index in [0.29, 0.717) is 24.2 Å². The van der Waals surface area contributed by atoms with Gasteiger partial charge in [0.25, 0.3) is 0 Å².